The van der Waals surface area contributed by atoms with Gasteiger partial charge in [-0.3, -0.25) is 9.36 Å². The number of ether oxygens (including phenoxy) is 1. The number of hydrogen-bond acceptors (Lipinski definition) is 7. The topological polar surface area (TPSA) is 82.8 Å². The molecule has 0 N–H and O–H groups in total. The Morgan fingerprint density at radius 3 is 2.61 bits per heavy atom. The molecule has 28 heavy (non-hydrogen) atoms. The normalized spacial score (nSPS) is 11.4. The minimum absolute atomic E-state index is 0.190. The molecule has 7 nitrogen and oxygen atoms in total. The van der Waals surface area contributed by atoms with Crippen molar-refractivity contribution in [3.8, 4) is 23.0 Å². The molecule has 0 amide bonds. The lowest BCUT2D eigenvalue weighted by Crippen LogP contribution is -2.22. The minimum Gasteiger partial charge on any atom is -0.468 e. The number of pyridine rings is 1. The summed E-state index contributed by atoms with van der Waals surface area (Å²) < 4.78 is 42.6. The molecule has 0 bridgehead atoms. The van der Waals surface area contributed by atoms with E-state index >= 15 is 0 Å². The van der Waals surface area contributed by atoms with E-state index in [4.69, 9.17) is 0 Å². The molecule has 0 atom stereocenters. The summed E-state index contributed by atoms with van der Waals surface area (Å²) in [7, 11) is 0. The Hall–Kier alpha value is -2.95. The van der Waals surface area contributed by atoms with E-state index in [0.717, 1.165) is 0 Å². The Bertz CT molecular complexity index is 994. The van der Waals surface area contributed by atoms with Crippen molar-refractivity contribution in [3.05, 3.63) is 53.3 Å². The van der Waals surface area contributed by atoms with Crippen molar-refractivity contribution in [2.75, 3.05) is 12.4 Å². The maximum atomic E-state index is 12.7. The molecule has 3 heterocycles. The Balaban J connectivity index is 1.96. The standard InChI is InChI=1S/C17H14F3N5O2S/c1-2-28-16-24-13(12-5-6-21-10-23-12)7-15(26)25(16)11-3-4-14(22-8-11)27-9-17(18,19)20/h3-8,10H,2,9H2,1H3. The summed E-state index contributed by atoms with van der Waals surface area (Å²) in [6, 6.07) is 5.69. The molecular weight excluding hydrogens is 395 g/mol. The second-order valence-electron chi connectivity index (χ2n) is 5.38. The van der Waals surface area contributed by atoms with E-state index in [1.165, 1.54) is 47.1 Å². The lowest BCUT2D eigenvalue weighted by molar-refractivity contribution is -0.154. The second kappa shape index (κ2) is 8.38. The van der Waals surface area contributed by atoms with E-state index in [9.17, 15) is 18.0 Å². The van der Waals surface area contributed by atoms with Gasteiger partial charge in [-0.1, -0.05) is 18.7 Å². The monoisotopic (exact) mass is 409 g/mol. The molecule has 3 aromatic heterocycles. The van der Waals surface area contributed by atoms with Gasteiger partial charge in [-0.05, 0) is 17.9 Å². The van der Waals surface area contributed by atoms with Crippen LogP contribution in [0.15, 0.2) is 52.9 Å². The van der Waals surface area contributed by atoms with E-state index in [1.807, 2.05) is 6.92 Å². The van der Waals surface area contributed by atoms with Crippen molar-refractivity contribution in [2.24, 2.45) is 0 Å². The molecule has 3 aromatic rings. The average molecular weight is 409 g/mol. The predicted octanol–water partition coefficient (Wildman–Crippen LogP) is 3.14. The van der Waals surface area contributed by atoms with Crippen molar-refractivity contribution in [1.82, 2.24) is 24.5 Å². The molecule has 0 aliphatic heterocycles. The van der Waals surface area contributed by atoms with Crippen molar-refractivity contribution >= 4 is 11.8 Å². The van der Waals surface area contributed by atoms with Gasteiger partial charge in [0.05, 0.1) is 23.3 Å². The van der Waals surface area contributed by atoms with Gasteiger partial charge in [-0.15, -0.1) is 0 Å². The summed E-state index contributed by atoms with van der Waals surface area (Å²) in [6.07, 6.45) is -0.285. The van der Waals surface area contributed by atoms with Crippen molar-refractivity contribution in [3.63, 3.8) is 0 Å². The van der Waals surface area contributed by atoms with Crippen LogP contribution >= 0.6 is 11.8 Å². The number of nitrogens with zero attached hydrogens (tertiary/aromatic N) is 5. The van der Waals surface area contributed by atoms with Crippen LogP contribution in [0, 0.1) is 0 Å². The Labute approximate surface area is 161 Å². The smallest absolute Gasteiger partial charge is 0.422 e. The quantitative estimate of drug-likeness (QED) is 0.457. The molecule has 0 spiro atoms. The molecule has 0 unspecified atom stereocenters. The number of aromatic nitrogens is 5. The van der Waals surface area contributed by atoms with Crippen LogP contribution in [0.3, 0.4) is 0 Å². The van der Waals surface area contributed by atoms with Gasteiger partial charge in [0.1, 0.15) is 6.33 Å². The first-order valence-corrected chi connectivity index (χ1v) is 9.05. The Morgan fingerprint density at radius 2 is 2.00 bits per heavy atom. The summed E-state index contributed by atoms with van der Waals surface area (Å²) in [4.78, 5) is 29.0. The van der Waals surface area contributed by atoms with E-state index in [-0.39, 0.29) is 11.4 Å². The summed E-state index contributed by atoms with van der Waals surface area (Å²) in [5.41, 5.74) is 0.899. The number of thioether (sulfide) groups is 1. The van der Waals surface area contributed by atoms with Crippen LogP contribution in [0.1, 0.15) is 6.92 Å². The molecule has 146 valence electrons. The van der Waals surface area contributed by atoms with Gasteiger partial charge < -0.3 is 4.74 Å². The Morgan fingerprint density at radius 1 is 1.18 bits per heavy atom. The van der Waals surface area contributed by atoms with Gasteiger partial charge in [-0.25, -0.2) is 19.9 Å². The first-order valence-electron chi connectivity index (χ1n) is 8.06. The van der Waals surface area contributed by atoms with Crippen molar-refractivity contribution in [1.29, 1.82) is 0 Å². The minimum atomic E-state index is -4.46. The SMILES string of the molecule is CCSc1nc(-c2ccncn2)cc(=O)n1-c1ccc(OCC(F)(F)F)nc1. The molecule has 0 saturated carbocycles. The van der Waals surface area contributed by atoms with Crippen LogP contribution in [0.4, 0.5) is 13.2 Å². The summed E-state index contributed by atoms with van der Waals surface area (Å²) in [5, 5.41) is 0.411. The predicted molar refractivity (Wildman–Crippen MR) is 96.6 cm³/mol. The number of halogens is 3. The summed E-state index contributed by atoms with van der Waals surface area (Å²) >= 11 is 1.34. The highest BCUT2D eigenvalue weighted by Crippen LogP contribution is 2.22. The van der Waals surface area contributed by atoms with Crippen LogP contribution in [-0.4, -0.2) is 43.0 Å². The third kappa shape index (κ3) is 4.85. The van der Waals surface area contributed by atoms with Gasteiger partial charge in [0, 0.05) is 18.3 Å². The van der Waals surface area contributed by atoms with Crippen molar-refractivity contribution < 1.29 is 17.9 Å². The maximum Gasteiger partial charge on any atom is 0.422 e. The van der Waals surface area contributed by atoms with E-state index in [2.05, 4.69) is 24.7 Å². The highest BCUT2D eigenvalue weighted by Gasteiger charge is 2.28. The van der Waals surface area contributed by atoms with Crippen LogP contribution in [0.5, 0.6) is 5.88 Å². The lowest BCUT2D eigenvalue weighted by Gasteiger charge is -2.13. The van der Waals surface area contributed by atoms with E-state index < -0.39 is 12.8 Å². The molecule has 0 fully saturated rings. The molecular formula is C17H14F3N5O2S. The molecule has 0 aromatic carbocycles. The highest BCUT2D eigenvalue weighted by atomic mass is 32.2. The van der Waals surface area contributed by atoms with Gasteiger partial charge in [-0.2, -0.15) is 13.2 Å². The number of alkyl halides is 3. The molecule has 0 saturated heterocycles. The van der Waals surface area contributed by atoms with Crippen LogP contribution < -0.4 is 10.3 Å². The largest absolute Gasteiger partial charge is 0.468 e. The fourth-order valence-electron chi connectivity index (χ4n) is 2.24. The average Bonchev–Trinajstić information content (AvgIpc) is 2.67. The number of rotatable bonds is 6. The van der Waals surface area contributed by atoms with Gasteiger partial charge in [0.15, 0.2) is 11.8 Å². The molecule has 0 aliphatic carbocycles. The molecule has 0 radical (unpaired) electrons. The van der Waals surface area contributed by atoms with Gasteiger partial charge in [0.2, 0.25) is 5.88 Å². The first-order chi connectivity index (χ1) is 13.4. The zero-order valence-electron chi connectivity index (χ0n) is 14.6. The zero-order chi connectivity index (χ0) is 20.1. The second-order valence-corrected chi connectivity index (χ2v) is 6.61. The van der Waals surface area contributed by atoms with Crippen LogP contribution in [0.25, 0.3) is 17.1 Å². The Kier molecular flexibility index (Phi) is 5.93. The van der Waals surface area contributed by atoms with Crippen LogP contribution in [0.2, 0.25) is 0 Å². The van der Waals surface area contributed by atoms with Gasteiger partial charge in [0.25, 0.3) is 5.56 Å². The van der Waals surface area contributed by atoms with Crippen LogP contribution in [-0.2, 0) is 0 Å². The van der Waals surface area contributed by atoms with Crippen molar-refractivity contribution in [2.45, 2.75) is 18.3 Å². The first kappa shape index (κ1) is 19.8. The zero-order valence-corrected chi connectivity index (χ0v) is 15.4. The van der Waals surface area contributed by atoms with E-state index in [1.54, 1.807) is 12.3 Å². The van der Waals surface area contributed by atoms with Gasteiger partial charge >= 0.3 is 6.18 Å². The summed E-state index contributed by atoms with van der Waals surface area (Å²) in [5.74, 6) is 0.462. The maximum absolute atomic E-state index is 12.7. The fourth-order valence-corrected chi connectivity index (χ4v) is 2.99. The molecule has 0 aliphatic rings. The highest BCUT2D eigenvalue weighted by molar-refractivity contribution is 7.99. The molecule has 11 heteroatoms. The van der Waals surface area contributed by atoms with E-state index in [0.29, 0.717) is 28.0 Å². The third-order valence-corrected chi connectivity index (χ3v) is 4.19. The molecule has 3 rings (SSSR count). The lowest BCUT2D eigenvalue weighted by atomic mass is 10.3. The summed E-state index contributed by atoms with van der Waals surface area (Å²) in [6.45, 7) is 0.469. The number of hydrogen-bond donors (Lipinski definition) is 0. The third-order valence-electron chi connectivity index (χ3n) is 3.37. The fraction of sp³-hybridized carbons (Fsp3) is 0.235.